The molecule has 0 fully saturated rings. The fourth-order valence-electron chi connectivity index (χ4n) is 0.924. The van der Waals surface area contributed by atoms with Gasteiger partial charge in [0.05, 0.1) is 18.4 Å². The topological polar surface area (TPSA) is 54.0 Å². The van der Waals surface area contributed by atoms with Gasteiger partial charge in [0.15, 0.2) is 0 Å². The first-order valence-electron chi connectivity index (χ1n) is 4.33. The first-order chi connectivity index (χ1) is 6.72. The maximum Gasteiger partial charge on any atom is 0.238 e. The molecule has 1 rings (SSSR count). The lowest BCUT2D eigenvalue weighted by atomic mass is 10.4. The second kappa shape index (κ2) is 5.72. The van der Waals surface area contributed by atoms with Crippen LogP contribution in [-0.2, 0) is 4.79 Å². The molecule has 0 aliphatic carbocycles. The highest BCUT2D eigenvalue weighted by Crippen LogP contribution is 2.13. The summed E-state index contributed by atoms with van der Waals surface area (Å²) in [5.41, 5.74) is 0.697. The second-order valence-corrected chi connectivity index (χ2v) is 3.64. The number of hydrogen-bond donors (Lipinski definition) is 2. The van der Waals surface area contributed by atoms with Gasteiger partial charge in [-0.05, 0) is 28.5 Å². The first kappa shape index (κ1) is 11.1. The molecule has 1 aromatic heterocycles. The highest BCUT2D eigenvalue weighted by atomic mass is 79.9. The molecule has 0 bridgehead atoms. The van der Waals surface area contributed by atoms with Gasteiger partial charge in [0.2, 0.25) is 5.91 Å². The predicted molar refractivity (Wildman–Crippen MR) is 59.1 cm³/mol. The van der Waals surface area contributed by atoms with Crippen molar-refractivity contribution in [3.8, 4) is 0 Å². The molecule has 0 atom stereocenters. The number of anilines is 1. The van der Waals surface area contributed by atoms with E-state index < -0.39 is 0 Å². The van der Waals surface area contributed by atoms with Crippen molar-refractivity contribution in [1.29, 1.82) is 0 Å². The minimum Gasteiger partial charge on any atom is -0.324 e. The normalized spacial score (nSPS) is 9.86. The Balaban J connectivity index is 2.47. The van der Waals surface area contributed by atoms with Gasteiger partial charge in [-0.15, -0.1) is 0 Å². The zero-order chi connectivity index (χ0) is 10.4. The van der Waals surface area contributed by atoms with Crippen LogP contribution in [0.15, 0.2) is 22.9 Å². The predicted octanol–water partition coefficient (Wildman–Crippen LogP) is 1.39. The Bertz CT molecular complexity index is 317. The Labute approximate surface area is 91.2 Å². The summed E-state index contributed by atoms with van der Waals surface area (Å²) < 4.78 is 0.846. The molecule has 0 spiro atoms. The summed E-state index contributed by atoms with van der Waals surface area (Å²) in [4.78, 5) is 15.2. The van der Waals surface area contributed by atoms with Crippen molar-refractivity contribution in [2.45, 2.75) is 6.92 Å². The van der Waals surface area contributed by atoms with E-state index in [2.05, 4.69) is 31.5 Å². The summed E-state index contributed by atoms with van der Waals surface area (Å²) in [5.74, 6) is -0.0632. The number of carbonyl (C=O) groups excluding carboxylic acids is 1. The molecule has 0 saturated heterocycles. The van der Waals surface area contributed by atoms with Crippen molar-refractivity contribution < 1.29 is 4.79 Å². The number of carbonyl (C=O) groups is 1. The lowest BCUT2D eigenvalue weighted by Gasteiger charge is -2.04. The van der Waals surface area contributed by atoms with Gasteiger partial charge in [-0.2, -0.15) is 0 Å². The fourth-order valence-corrected chi connectivity index (χ4v) is 1.29. The van der Waals surface area contributed by atoms with E-state index in [9.17, 15) is 4.79 Å². The van der Waals surface area contributed by atoms with Crippen molar-refractivity contribution >= 4 is 27.5 Å². The monoisotopic (exact) mass is 257 g/mol. The summed E-state index contributed by atoms with van der Waals surface area (Å²) in [6, 6.07) is 1.80. The average molecular weight is 258 g/mol. The van der Waals surface area contributed by atoms with Gasteiger partial charge >= 0.3 is 0 Å². The van der Waals surface area contributed by atoms with E-state index >= 15 is 0 Å². The van der Waals surface area contributed by atoms with Crippen molar-refractivity contribution in [3.63, 3.8) is 0 Å². The third-order valence-corrected chi connectivity index (χ3v) is 1.96. The van der Waals surface area contributed by atoms with Gasteiger partial charge in [-0.1, -0.05) is 6.92 Å². The Kier molecular flexibility index (Phi) is 4.55. The van der Waals surface area contributed by atoms with Crippen LogP contribution in [0.2, 0.25) is 0 Å². The summed E-state index contributed by atoms with van der Waals surface area (Å²) in [7, 11) is 0. The summed E-state index contributed by atoms with van der Waals surface area (Å²) in [6.45, 7) is 3.06. The van der Waals surface area contributed by atoms with Gasteiger partial charge in [0.25, 0.3) is 0 Å². The number of nitrogens with one attached hydrogen (secondary N) is 2. The molecule has 5 heteroatoms. The number of amides is 1. The lowest BCUT2D eigenvalue weighted by molar-refractivity contribution is -0.115. The lowest BCUT2D eigenvalue weighted by Crippen LogP contribution is -2.27. The molecule has 0 aliphatic heterocycles. The summed E-state index contributed by atoms with van der Waals surface area (Å²) >= 11 is 3.28. The Morgan fingerprint density at radius 1 is 1.57 bits per heavy atom. The number of rotatable bonds is 4. The largest absolute Gasteiger partial charge is 0.324 e. The van der Waals surface area contributed by atoms with Gasteiger partial charge < -0.3 is 10.6 Å². The Morgan fingerprint density at radius 2 is 2.36 bits per heavy atom. The van der Waals surface area contributed by atoms with Crippen molar-refractivity contribution in [2.75, 3.05) is 18.4 Å². The highest BCUT2D eigenvalue weighted by molar-refractivity contribution is 9.10. The molecule has 1 aromatic rings. The molecule has 2 N–H and O–H groups in total. The smallest absolute Gasteiger partial charge is 0.238 e. The SMILES string of the molecule is CCNCC(=O)Nc1cncc(Br)c1. The third kappa shape index (κ3) is 3.85. The molecule has 0 unspecified atom stereocenters. The van der Waals surface area contributed by atoms with E-state index in [4.69, 9.17) is 0 Å². The van der Waals surface area contributed by atoms with Crippen LogP contribution in [0.3, 0.4) is 0 Å². The fraction of sp³-hybridized carbons (Fsp3) is 0.333. The minimum atomic E-state index is -0.0632. The molecule has 0 saturated carbocycles. The third-order valence-electron chi connectivity index (χ3n) is 1.52. The van der Waals surface area contributed by atoms with E-state index in [1.54, 1.807) is 18.5 Å². The van der Waals surface area contributed by atoms with Crippen LogP contribution >= 0.6 is 15.9 Å². The Hall–Kier alpha value is -0.940. The van der Waals surface area contributed by atoms with E-state index in [-0.39, 0.29) is 5.91 Å². The van der Waals surface area contributed by atoms with Crippen molar-refractivity contribution in [2.24, 2.45) is 0 Å². The van der Waals surface area contributed by atoms with E-state index in [0.29, 0.717) is 12.2 Å². The summed E-state index contributed by atoms with van der Waals surface area (Å²) in [6.07, 6.45) is 3.27. The zero-order valence-electron chi connectivity index (χ0n) is 7.88. The van der Waals surface area contributed by atoms with Crippen molar-refractivity contribution in [3.05, 3.63) is 22.9 Å². The van der Waals surface area contributed by atoms with Crippen LogP contribution in [0.25, 0.3) is 0 Å². The molecule has 0 aliphatic rings. The van der Waals surface area contributed by atoms with E-state index in [1.165, 1.54) is 0 Å². The number of likely N-dealkylation sites (N-methyl/N-ethyl adjacent to an activating group) is 1. The van der Waals surface area contributed by atoms with Gasteiger partial charge in [0, 0.05) is 10.7 Å². The van der Waals surface area contributed by atoms with Crippen LogP contribution in [0.1, 0.15) is 6.92 Å². The number of aromatic nitrogens is 1. The Morgan fingerprint density at radius 3 is 3.00 bits per heavy atom. The molecule has 4 nitrogen and oxygen atoms in total. The molecule has 14 heavy (non-hydrogen) atoms. The number of halogens is 1. The van der Waals surface area contributed by atoms with Gasteiger partial charge in [-0.3, -0.25) is 9.78 Å². The second-order valence-electron chi connectivity index (χ2n) is 2.72. The number of nitrogens with zero attached hydrogens (tertiary/aromatic N) is 1. The molecular formula is C9H12BrN3O. The number of pyridine rings is 1. The van der Waals surface area contributed by atoms with Crippen LogP contribution in [0, 0.1) is 0 Å². The standard InChI is InChI=1S/C9H12BrN3O/c1-2-11-6-9(14)13-8-3-7(10)4-12-5-8/h3-5,11H,2,6H2,1H3,(H,13,14). The van der Waals surface area contributed by atoms with Crippen LogP contribution in [-0.4, -0.2) is 24.0 Å². The van der Waals surface area contributed by atoms with Gasteiger partial charge in [-0.25, -0.2) is 0 Å². The molecule has 76 valence electrons. The average Bonchev–Trinajstić information content (AvgIpc) is 2.15. The van der Waals surface area contributed by atoms with E-state index in [0.717, 1.165) is 11.0 Å². The van der Waals surface area contributed by atoms with E-state index in [1.807, 2.05) is 6.92 Å². The minimum absolute atomic E-state index is 0.0632. The molecule has 1 heterocycles. The quantitative estimate of drug-likeness (QED) is 0.858. The maximum absolute atomic E-state index is 11.3. The van der Waals surface area contributed by atoms with Gasteiger partial charge in [0.1, 0.15) is 0 Å². The van der Waals surface area contributed by atoms with Crippen molar-refractivity contribution in [1.82, 2.24) is 10.3 Å². The number of hydrogen-bond acceptors (Lipinski definition) is 3. The van der Waals surface area contributed by atoms with Crippen LogP contribution in [0.4, 0.5) is 5.69 Å². The zero-order valence-corrected chi connectivity index (χ0v) is 9.47. The summed E-state index contributed by atoms with van der Waals surface area (Å²) in [5, 5.41) is 5.66. The molecule has 1 amide bonds. The molecular weight excluding hydrogens is 246 g/mol. The van der Waals surface area contributed by atoms with Crippen LogP contribution < -0.4 is 10.6 Å². The molecule has 0 aromatic carbocycles. The first-order valence-corrected chi connectivity index (χ1v) is 5.12. The molecule has 0 radical (unpaired) electrons. The maximum atomic E-state index is 11.3. The van der Waals surface area contributed by atoms with Crippen LogP contribution in [0.5, 0.6) is 0 Å². The highest BCUT2D eigenvalue weighted by Gasteiger charge is 2.01.